The molecule has 204 valence electrons. The van der Waals surface area contributed by atoms with Gasteiger partial charge in [0.1, 0.15) is 29.1 Å². The molecule has 5 rings (SSSR count). The summed E-state index contributed by atoms with van der Waals surface area (Å²) in [4.78, 5) is 38.9. The predicted octanol–water partition coefficient (Wildman–Crippen LogP) is 4.45. The first-order valence-electron chi connectivity index (χ1n) is 11.7. The number of hydrogen-bond donors (Lipinski definition) is 1. The lowest BCUT2D eigenvalue weighted by Gasteiger charge is -2.22. The minimum atomic E-state index is -3.83. The molecule has 1 aromatic heterocycles. The lowest BCUT2D eigenvalue weighted by atomic mass is 9.83. The van der Waals surface area contributed by atoms with Gasteiger partial charge in [-0.25, -0.2) is 4.79 Å². The van der Waals surface area contributed by atoms with Crippen molar-refractivity contribution in [2.24, 2.45) is 0 Å². The van der Waals surface area contributed by atoms with E-state index < -0.39 is 34.7 Å². The van der Waals surface area contributed by atoms with Gasteiger partial charge in [0.2, 0.25) is 5.91 Å². The molecule has 0 saturated carbocycles. The number of nitrogens with one attached hydrogen (secondary N) is 1. The van der Waals surface area contributed by atoms with Gasteiger partial charge in [-0.3, -0.25) is 9.59 Å². The van der Waals surface area contributed by atoms with Crippen LogP contribution in [0.4, 0.5) is 14.5 Å². The molecule has 2 aromatic carbocycles. The van der Waals surface area contributed by atoms with Crippen LogP contribution in [0.15, 0.2) is 47.3 Å². The van der Waals surface area contributed by atoms with Gasteiger partial charge in [-0.1, -0.05) is 11.6 Å². The Morgan fingerprint density at radius 1 is 1.08 bits per heavy atom. The van der Waals surface area contributed by atoms with Crippen LogP contribution in [0, 0.1) is 0 Å². The fourth-order valence-corrected chi connectivity index (χ4v) is 4.27. The predicted molar refractivity (Wildman–Crippen MR) is 134 cm³/mol. The number of aromatic nitrogens is 2. The lowest BCUT2D eigenvalue weighted by Crippen LogP contribution is -2.40. The second-order valence-corrected chi connectivity index (χ2v) is 10.6. The monoisotopic (exact) mass is 561 g/mol. The highest BCUT2D eigenvalue weighted by Gasteiger charge is 2.49. The molecule has 0 fully saturated rings. The van der Waals surface area contributed by atoms with E-state index in [0.29, 0.717) is 0 Å². The van der Waals surface area contributed by atoms with Crippen molar-refractivity contribution in [3.8, 4) is 22.9 Å². The second kappa shape index (κ2) is 8.94. The van der Waals surface area contributed by atoms with Gasteiger partial charge >= 0.3 is 12.3 Å². The number of esters is 1. The van der Waals surface area contributed by atoms with Gasteiger partial charge in [-0.15, -0.1) is 8.78 Å². The zero-order valence-corrected chi connectivity index (χ0v) is 21.9. The number of carbonyl (C=O) groups excluding carboxylic acids is 2. The van der Waals surface area contributed by atoms with Crippen LogP contribution in [0.5, 0.6) is 17.2 Å². The van der Waals surface area contributed by atoms with Gasteiger partial charge in [0.15, 0.2) is 16.7 Å². The highest BCUT2D eigenvalue weighted by atomic mass is 35.5. The first kappa shape index (κ1) is 26.4. The molecule has 13 heteroatoms. The van der Waals surface area contributed by atoms with E-state index in [1.165, 1.54) is 49.4 Å². The summed E-state index contributed by atoms with van der Waals surface area (Å²) in [5.74, 6) is -1.48. The van der Waals surface area contributed by atoms with Gasteiger partial charge in [-0.05, 0) is 58.0 Å². The van der Waals surface area contributed by atoms with Crippen LogP contribution in [-0.2, 0) is 14.9 Å². The molecule has 0 bridgehead atoms. The number of halogens is 3. The Kier molecular flexibility index (Phi) is 6.06. The largest absolute Gasteiger partial charge is 0.586 e. The maximum atomic E-state index is 13.5. The van der Waals surface area contributed by atoms with Crippen LogP contribution in [0.2, 0.25) is 5.15 Å². The molecule has 10 nitrogen and oxygen atoms in total. The quantitative estimate of drug-likeness (QED) is 0.464. The SMILES string of the molecule is CC(C)(C)OC(=O)c1ccc(-n2nc(Cl)cc(NC(=O)[C@@]3(C)COc4cc5c(cc43)OC(F)(F)O5)c2=O)cc1. The molecule has 2 aliphatic heterocycles. The van der Waals surface area contributed by atoms with Crippen molar-refractivity contribution in [3.05, 3.63) is 69.1 Å². The highest BCUT2D eigenvalue weighted by Crippen LogP contribution is 2.50. The van der Waals surface area contributed by atoms with Gasteiger partial charge < -0.3 is 24.3 Å². The van der Waals surface area contributed by atoms with Crippen LogP contribution in [0.1, 0.15) is 43.6 Å². The third-order valence-corrected chi connectivity index (χ3v) is 6.18. The molecule has 0 spiro atoms. The zero-order valence-electron chi connectivity index (χ0n) is 21.1. The highest BCUT2D eigenvalue weighted by molar-refractivity contribution is 6.29. The molecule has 0 radical (unpaired) electrons. The van der Waals surface area contributed by atoms with Crippen molar-refractivity contribution >= 4 is 29.2 Å². The first-order valence-corrected chi connectivity index (χ1v) is 12.1. The molecule has 0 saturated heterocycles. The molecule has 3 aromatic rings. The molecule has 1 N–H and O–H groups in total. The summed E-state index contributed by atoms with van der Waals surface area (Å²) >= 11 is 6.15. The molecule has 0 unspecified atom stereocenters. The molecular formula is C26H22ClF2N3O7. The molecule has 3 heterocycles. The second-order valence-electron chi connectivity index (χ2n) is 10.2. The lowest BCUT2D eigenvalue weighted by molar-refractivity contribution is -0.286. The van der Waals surface area contributed by atoms with Crippen LogP contribution in [-0.4, -0.2) is 40.2 Å². The van der Waals surface area contributed by atoms with E-state index in [1.54, 1.807) is 20.8 Å². The summed E-state index contributed by atoms with van der Waals surface area (Å²) < 4.78 is 47.8. The van der Waals surface area contributed by atoms with Crippen molar-refractivity contribution in [3.63, 3.8) is 0 Å². The van der Waals surface area contributed by atoms with E-state index in [4.69, 9.17) is 21.1 Å². The maximum Gasteiger partial charge on any atom is 0.586 e. The fourth-order valence-electron chi connectivity index (χ4n) is 4.08. The minimum absolute atomic E-state index is 0.0973. The van der Waals surface area contributed by atoms with Crippen molar-refractivity contribution in [2.75, 3.05) is 11.9 Å². The van der Waals surface area contributed by atoms with Crippen LogP contribution in [0.3, 0.4) is 0 Å². The van der Waals surface area contributed by atoms with Crippen LogP contribution in [0.25, 0.3) is 5.69 Å². The molecule has 1 amide bonds. The summed E-state index contributed by atoms with van der Waals surface area (Å²) in [6.07, 6.45) is -3.83. The van der Waals surface area contributed by atoms with Crippen molar-refractivity contribution < 1.29 is 37.3 Å². The minimum Gasteiger partial charge on any atom is -0.492 e. The van der Waals surface area contributed by atoms with Gasteiger partial charge in [0.25, 0.3) is 5.56 Å². The van der Waals surface area contributed by atoms with Gasteiger partial charge in [-0.2, -0.15) is 9.78 Å². The molecule has 2 aliphatic rings. The van der Waals surface area contributed by atoms with Crippen molar-refractivity contribution in [1.29, 1.82) is 0 Å². The summed E-state index contributed by atoms with van der Waals surface area (Å²) in [5.41, 5.74) is -2.11. The fraction of sp³-hybridized carbons (Fsp3) is 0.308. The van der Waals surface area contributed by atoms with E-state index in [9.17, 15) is 23.2 Å². The smallest absolute Gasteiger partial charge is 0.492 e. The number of benzene rings is 2. The van der Waals surface area contributed by atoms with Crippen LogP contribution >= 0.6 is 11.6 Å². The number of rotatable bonds is 4. The number of anilines is 1. The van der Waals surface area contributed by atoms with Crippen LogP contribution < -0.4 is 25.1 Å². The topological polar surface area (TPSA) is 118 Å². The van der Waals surface area contributed by atoms with Gasteiger partial charge in [0.05, 0.1) is 11.3 Å². The van der Waals surface area contributed by atoms with E-state index in [0.717, 1.165) is 4.68 Å². The Morgan fingerprint density at radius 3 is 2.36 bits per heavy atom. The number of fused-ring (bicyclic) bond motifs is 2. The third kappa shape index (κ3) is 4.99. The normalized spacial score (nSPS) is 18.7. The summed E-state index contributed by atoms with van der Waals surface area (Å²) in [5, 5.41) is 6.48. The Morgan fingerprint density at radius 2 is 1.72 bits per heavy atom. The number of ether oxygens (including phenoxy) is 4. The van der Waals surface area contributed by atoms with E-state index in [1.807, 2.05) is 0 Å². The number of hydrogen-bond acceptors (Lipinski definition) is 8. The Balaban J connectivity index is 1.41. The zero-order chi connectivity index (χ0) is 28.3. The Labute approximate surface area is 225 Å². The summed E-state index contributed by atoms with van der Waals surface area (Å²) in [7, 11) is 0. The van der Waals surface area contributed by atoms with Crippen molar-refractivity contribution in [1.82, 2.24) is 9.78 Å². The van der Waals surface area contributed by atoms with Crippen molar-refractivity contribution in [2.45, 2.75) is 45.0 Å². The number of carbonyl (C=O) groups is 2. The molecule has 39 heavy (non-hydrogen) atoms. The third-order valence-electron chi connectivity index (χ3n) is 5.99. The summed E-state index contributed by atoms with van der Waals surface area (Å²) in [6, 6.07) is 9.57. The number of nitrogens with zero attached hydrogens (tertiary/aromatic N) is 2. The standard InChI is InChI=1S/C26H22ClF2N3O7/c1-24(2,3)39-22(34)13-5-7-14(8-6-13)32-21(33)16(10-20(27)31-32)30-23(35)25(4)12-36-17-11-19-18(9-15(17)25)37-26(28,29)38-19/h5-11H,12H2,1-4H3,(H,30,35)/t25-/m0/s1. The summed E-state index contributed by atoms with van der Waals surface area (Å²) in [6.45, 7) is 6.63. The number of alkyl halides is 2. The molecular weight excluding hydrogens is 540 g/mol. The number of amides is 1. The average molecular weight is 562 g/mol. The average Bonchev–Trinajstić information content (AvgIpc) is 3.33. The van der Waals surface area contributed by atoms with E-state index in [-0.39, 0.29) is 51.5 Å². The Hall–Kier alpha value is -4.19. The Bertz CT molecular complexity index is 1570. The molecule has 1 atom stereocenters. The maximum absolute atomic E-state index is 13.5. The first-order chi connectivity index (χ1) is 18.1. The van der Waals surface area contributed by atoms with E-state index in [2.05, 4.69) is 19.9 Å². The van der Waals surface area contributed by atoms with Gasteiger partial charge in [0, 0.05) is 17.7 Å². The van der Waals surface area contributed by atoms with E-state index >= 15 is 0 Å². The molecule has 0 aliphatic carbocycles.